The van der Waals surface area contributed by atoms with E-state index in [1.54, 1.807) is 25.1 Å². The molecule has 1 aromatic rings. The number of methoxy groups -OCH3 is 1. The molecule has 0 aliphatic rings. The van der Waals surface area contributed by atoms with Gasteiger partial charge in [-0.05, 0) is 25.5 Å². The van der Waals surface area contributed by atoms with E-state index in [-0.39, 0.29) is 29.6 Å². The Morgan fingerprint density at radius 2 is 2.00 bits per heavy atom. The van der Waals surface area contributed by atoms with E-state index >= 15 is 0 Å². The zero-order valence-corrected chi connectivity index (χ0v) is 12.4. The van der Waals surface area contributed by atoms with E-state index in [1.807, 2.05) is 0 Å². The van der Waals surface area contributed by atoms with E-state index < -0.39 is 10.0 Å². The summed E-state index contributed by atoms with van der Waals surface area (Å²) in [5.74, 6) is -0.0469. The van der Waals surface area contributed by atoms with Crippen LogP contribution in [0.5, 0.6) is 5.75 Å². The van der Waals surface area contributed by atoms with Crippen molar-refractivity contribution in [2.75, 3.05) is 20.3 Å². The monoisotopic (exact) mass is 301 g/mol. The van der Waals surface area contributed by atoms with Crippen molar-refractivity contribution >= 4 is 16.0 Å². The predicted molar refractivity (Wildman–Crippen MR) is 74.0 cm³/mol. The highest BCUT2D eigenvalue weighted by molar-refractivity contribution is 7.89. The van der Waals surface area contributed by atoms with Crippen molar-refractivity contribution in [3.63, 3.8) is 0 Å². The van der Waals surface area contributed by atoms with Crippen LogP contribution in [-0.4, -0.2) is 34.6 Å². The number of sulfonamides is 1. The quantitative estimate of drug-likeness (QED) is 0.578. The summed E-state index contributed by atoms with van der Waals surface area (Å²) < 4.78 is 36.4. The molecule has 0 spiro atoms. The standard InChI is InChI=1S/C13H19NO5S/c1-3-19-13(15)9-6-10-14-20(16,17)12-8-5-4-7-11(12)18-2/h4-5,7-8,14H,3,6,9-10H2,1-2H3. The fourth-order valence-corrected chi connectivity index (χ4v) is 2.83. The van der Waals surface area contributed by atoms with Gasteiger partial charge in [-0.15, -0.1) is 0 Å². The van der Waals surface area contributed by atoms with Crippen LogP contribution >= 0.6 is 0 Å². The Labute approximate surface area is 119 Å². The molecule has 0 amide bonds. The van der Waals surface area contributed by atoms with Crippen LogP contribution in [0.15, 0.2) is 29.2 Å². The molecule has 1 N–H and O–H groups in total. The van der Waals surface area contributed by atoms with Crippen LogP contribution in [0.2, 0.25) is 0 Å². The number of hydrogen-bond donors (Lipinski definition) is 1. The minimum absolute atomic E-state index is 0.0821. The lowest BCUT2D eigenvalue weighted by molar-refractivity contribution is -0.143. The molecule has 0 atom stereocenters. The van der Waals surface area contributed by atoms with Crippen molar-refractivity contribution in [2.24, 2.45) is 0 Å². The Kier molecular flexibility index (Phi) is 6.47. The molecule has 0 aliphatic carbocycles. The Morgan fingerprint density at radius 1 is 1.30 bits per heavy atom. The lowest BCUT2D eigenvalue weighted by atomic mass is 10.3. The number of para-hydroxylation sites is 1. The molecular formula is C13H19NO5S. The first-order valence-corrected chi connectivity index (χ1v) is 7.78. The second-order valence-corrected chi connectivity index (χ2v) is 5.69. The Balaban J connectivity index is 2.56. The summed E-state index contributed by atoms with van der Waals surface area (Å²) in [5.41, 5.74) is 0. The lowest BCUT2D eigenvalue weighted by Gasteiger charge is -2.10. The lowest BCUT2D eigenvalue weighted by Crippen LogP contribution is -2.25. The number of carbonyl (C=O) groups is 1. The number of esters is 1. The molecule has 0 radical (unpaired) electrons. The molecule has 0 heterocycles. The van der Waals surface area contributed by atoms with Crippen LogP contribution in [-0.2, 0) is 19.6 Å². The summed E-state index contributed by atoms with van der Waals surface area (Å²) in [6.07, 6.45) is 0.565. The first-order valence-electron chi connectivity index (χ1n) is 6.29. The fourth-order valence-electron chi connectivity index (χ4n) is 1.59. The van der Waals surface area contributed by atoms with Crippen molar-refractivity contribution in [1.82, 2.24) is 4.72 Å². The van der Waals surface area contributed by atoms with Crippen molar-refractivity contribution in [3.8, 4) is 5.75 Å². The molecule has 6 nitrogen and oxygen atoms in total. The normalized spacial score (nSPS) is 11.1. The van der Waals surface area contributed by atoms with Gasteiger partial charge in [-0.3, -0.25) is 4.79 Å². The number of benzene rings is 1. The van der Waals surface area contributed by atoms with Crippen molar-refractivity contribution in [1.29, 1.82) is 0 Å². The van der Waals surface area contributed by atoms with Crippen LogP contribution in [0, 0.1) is 0 Å². The molecule has 0 saturated carbocycles. The van der Waals surface area contributed by atoms with Crippen molar-refractivity contribution < 1.29 is 22.7 Å². The van der Waals surface area contributed by atoms with Crippen molar-refractivity contribution in [2.45, 2.75) is 24.7 Å². The van der Waals surface area contributed by atoms with Gasteiger partial charge in [0.2, 0.25) is 10.0 Å². The van der Waals surface area contributed by atoms with Crippen LogP contribution in [0.3, 0.4) is 0 Å². The second kappa shape index (κ2) is 7.86. The highest BCUT2D eigenvalue weighted by Crippen LogP contribution is 2.22. The highest BCUT2D eigenvalue weighted by atomic mass is 32.2. The van der Waals surface area contributed by atoms with E-state index in [4.69, 9.17) is 9.47 Å². The van der Waals surface area contributed by atoms with Crippen molar-refractivity contribution in [3.05, 3.63) is 24.3 Å². The van der Waals surface area contributed by atoms with E-state index in [9.17, 15) is 13.2 Å². The number of nitrogens with one attached hydrogen (secondary N) is 1. The third kappa shape index (κ3) is 4.82. The maximum Gasteiger partial charge on any atom is 0.305 e. The summed E-state index contributed by atoms with van der Waals surface area (Å²) >= 11 is 0. The topological polar surface area (TPSA) is 81.7 Å². The first-order chi connectivity index (χ1) is 9.51. The average Bonchev–Trinajstić information content (AvgIpc) is 2.44. The van der Waals surface area contributed by atoms with Gasteiger partial charge in [0.15, 0.2) is 0 Å². The van der Waals surface area contributed by atoms with Crippen LogP contribution < -0.4 is 9.46 Å². The van der Waals surface area contributed by atoms with Gasteiger partial charge >= 0.3 is 5.97 Å². The minimum Gasteiger partial charge on any atom is -0.495 e. The smallest absolute Gasteiger partial charge is 0.305 e. The zero-order chi connectivity index (χ0) is 15.0. The van der Waals surface area contributed by atoms with Gasteiger partial charge in [0.1, 0.15) is 10.6 Å². The molecule has 20 heavy (non-hydrogen) atoms. The van der Waals surface area contributed by atoms with Gasteiger partial charge in [-0.1, -0.05) is 12.1 Å². The number of rotatable bonds is 8. The van der Waals surface area contributed by atoms with Gasteiger partial charge in [0.25, 0.3) is 0 Å². The first kappa shape index (κ1) is 16.5. The summed E-state index contributed by atoms with van der Waals surface area (Å²) in [5, 5.41) is 0. The number of hydrogen-bond acceptors (Lipinski definition) is 5. The molecule has 0 unspecified atom stereocenters. The van der Waals surface area contributed by atoms with Gasteiger partial charge in [-0.2, -0.15) is 0 Å². The summed E-state index contributed by atoms with van der Waals surface area (Å²) in [4.78, 5) is 11.2. The largest absolute Gasteiger partial charge is 0.495 e. The Hall–Kier alpha value is -1.60. The van der Waals surface area contributed by atoms with Gasteiger partial charge < -0.3 is 9.47 Å². The zero-order valence-electron chi connectivity index (χ0n) is 11.6. The molecule has 0 saturated heterocycles. The van der Waals surface area contributed by atoms with E-state index in [0.29, 0.717) is 13.0 Å². The fraction of sp³-hybridized carbons (Fsp3) is 0.462. The van der Waals surface area contributed by atoms with Crippen LogP contribution in [0.25, 0.3) is 0 Å². The molecule has 112 valence electrons. The number of carbonyl (C=O) groups excluding carboxylic acids is 1. The summed E-state index contributed by atoms with van der Waals surface area (Å²) in [7, 11) is -2.23. The third-order valence-corrected chi connectivity index (χ3v) is 4.01. The third-order valence-electron chi connectivity index (χ3n) is 2.51. The maximum atomic E-state index is 12.1. The second-order valence-electron chi connectivity index (χ2n) is 3.96. The summed E-state index contributed by atoms with van der Waals surface area (Å²) in [6, 6.07) is 6.36. The predicted octanol–water partition coefficient (Wildman–Crippen LogP) is 1.32. The molecule has 7 heteroatoms. The molecular weight excluding hydrogens is 282 g/mol. The van der Waals surface area contributed by atoms with Gasteiger partial charge in [-0.25, -0.2) is 13.1 Å². The number of ether oxygens (including phenoxy) is 2. The van der Waals surface area contributed by atoms with Gasteiger partial charge in [0, 0.05) is 13.0 Å². The summed E-state index contributed by atoms with van der Waals surface area (Å²) in [6.45, 7) is 2.22. The molecule has 1 rings (SSSR count). The maximum absolute atomic E-state index is 12.1. The Bertz CT molecular complexity index is 541. The average molecular weight is 301 g/mol. The highest BCUT2D eigenvalue weighted by Gasteiger charge is 2.18. The minimum atomic E-state index is -3.64. The van der Waals surface area contributed by atoms with Crippen LogP contribution in [0.4, 0.5) is 0 Å². The molecule has 0 bridgehead atoms. The van der Waals surface area contributed by atoms with E-state index in [0.717, 1.165) is 0 Å². The molecule has 1 aromatic carbocycles. The Morgan fingerprint density at radius 3 is 2.65 bits per heavy atom. The van der Waals surface area contributed by atoms with Crippen LogP contribution in [0.1, 0.15) is 19.8 Å². The SMILES string of the molecule is CCOC(=O)CCCNS(=O)(=O)c1ccccc1OC. The molecule has 0 aromatic heterocycles. The molecule has 0 fully saturated rings. The molecule has 0 aliphatic heterocycles. The van der Waals surface area contributed by atoms with E-state index in [1.165, 1.54) is 13.2 Å². The van der Waals surface area contributed by atoms with E-state index in [2.05, 4.69) is 4.72 Å². The van der Waals surface area contributed by atoms with Gasteiger partial charge in [0.05, 0.1) is 13.7 Å².